The van der Waals surface area contributed by atoms with Crippen LogP contribution < -0.4 is 10.1 Å². The third-order valence-electron chi connectivity index (χ3n) is 2.56. The minimum atomic E-state index is -0.796. The summed E-state index contributed by atoms with van der Waals surface area (Å²) in [4.78, 5) is 10.5. The highest BCUT2D eigenvalue weighted by atomic mass is 32.2. The van der Waals surface area contributed by atoms with E-state index in [0.717, 1.165) is 18.5 Å². The number of benzene rings is 1. The van der Waals surface area contributed by atoms with Gasteiger partial charge in [0.05, 0.1) is 11.5 Å². The molecule has 0 spiro atoms. The van der Waals surface area contributed by atoms with Gasteiger partial charge in [0.25, 0.3) is 0 Å². The first-order valence-corrected chi connectivity index (χ1v) is 8.22. The zero-order valence-electron chi connectivity index (χ0n) is 11.8. The molecule has 1 aromatic rings. The van der Waals surface area contributed by atoms with Crippen LogP contribution in [0.15, 0.2) is 18.2 Å². The van der Waals surface area contributed by atoms with Gasteiger partial charge in [-0.2, -0.15) is 0 Å². The number of hydrogen-bond donors (Lipinski definition) is 1. The third kappa shape index (κ3) is 5.56. The molecule has 0 fully saturated rings. The highest BCUT2D eigenvalue weighted by molar-refractivity contribution is 7.84. The molecule has 7 heteroatoms. The molecule has 112 valence electrons. The van der Waals surface area contributed by atoms with Gasteiger partial charge in [-0.25, -0.2) is 0 Å². The third-order valence-corrected chi connectivity index (χ3v) is 3.42. The maximum atomic E-state index is 10.9. The topological polar surface area (TPSA) is 81.5 Å². The van der Waals surface area contributed by atoms with Crippen LogP contribution in [0.4, 0.5) is 11.4 Å². The molecule has 0 saturated carbocycles. The van der Waals surface area contributed by atoms with E-state index in [2.05, 4.69) is 5.32 Å². The molecular weight excluding hydrogens is 280 g/mol. The highest BCUT2D eigenvalue weighted by Crippen LogP contribution is 2.30. The number of nitro groups is 1. The number of hydrogen-bond acceptors (Lipinski definition) is 5. The van der Waals surface area contributed by atoms with E-state index in [1.165, 1.54) is 6.07 Å². The summed E-state index contributed by atoms with van der Waals surface area (Å²) in [7, 11) is -0.796. The highest BCUT2D eigenvalue weighted by Gasteiger charge is 2.15. The summed E-state index contributed by atoms with van der Waals surface area (Å²) >= 11 is 0. The zero-order valence-corrected chi connectivity index (χ0v) is 12.6. The monoisotopic (exact) mass is 300 g/mol. The van der Waals surface area contributed by atoms with Crippen LogP contribution in [0.3, 0.4) is 0 Å². The van der Waals surface area contributed by atoms with Crippen molar-refractivity contribution in [2.24, 2.45) is 0 Å². The van der Waals surface area contributed by atoms with Crippen molar-refractivity contribution in [3.05, 3.63) is 28.3 Å². The fourth-order valence-corrected chi connectivity index (χ4v) is 2.16. The van der Waals surface area contributed by atoms with Crippen molar-refractivity contribution in [3.63, 3.8) is 0 Å². The molecule has 1 aromatic carbocycles. The van der Waals surface area contributed by atoms with E-state index in [-0.39, 0.29) is 11.4 Å². The Labute approximate surface area is 121 Å². The lowest BCUT2D eigenvalue weighted by molar-refractivity contribution is -0.385. The Morgan fingerprint density at radius 1 is 1.45 bits per heavy atom. The Kier molecular flexibility index (Phi) is 7.00. The van der Waals surface area contributed by atoms with Gasteiger partial charge in [0, 0.05) is 47.2 Å². The van der Waals surface area contributed by atoms with E-state index in [1.54, 1.807) is 18.4 Å². The average Bonchev–Trinajstić information content (AvgIpc) is 2.41. The van der Waals surface area contributed by atoms with Crippen molar-refractivity contribution in [1.82, 2.24) is 0 Å². The molecule has 20 heavy (non-hydrogen) atoms. The first-order chi connectivity index (χ1) is 9.54. The van der Waals surface area contributed by atoms with Crippen LogP contribution in [0.1, 0.15) is 19.8 Å². The van der Waals surface area contributed by atoms with Crippen molar-refractivity contribution < 1.29 is 13.9 Å². The van der Waals surface area contributed by atoms with Gasteiger partial charge < -0.3 is 10.1 Å². The molecule has 6 nitrogen and oxygen atoms in total. The number of nitrogens with zero attached hydrogens (tertiary/aromatic N) is 1. The molecule has 1 atom stereocenters. The number of anilines is 1. The van der Waals surface area contributed by atoms with E-state index in [4.69, 9.17) is 4.74 Å². The van der Waals surface area contributed by atoms with Gasteiger partial charge in [-0.3, -0.25) is 14.3 Å². The van der Waals surface area contributed by atoms with Gasteiger partial charge in [0.15, 0.2) is 5.75 Å². The summed E-state index contributed by atoms with van der Waals surface area (Å²) in [6, 6.07) is 4.72. The summed E-state index contributed by atoms with van der Waals surface area (Å²) in [5.41, 5.74) is 0.738. The minimum absolute atomic E-state index is 0.0290. The summed E-state index contributed by atoms with van der Waals surface area (Å²) in [5.74, 6) is 0.917. The Bertz CT molecular complexity index is 479. The Morgan fingerprint density at radius 2 is 2.20 bits per heavy atom. The lowest BCUT2D eigenvalue weighted by atomic mass is 10.2. The largest absolute Gasteiger partial charge is 0.487 e. The van der Waals surface area contributed by atoms with Crippen molar-refractivity contribution in [2.75, 3.05) is 30.5 Å². The predicted octanol–water partition coefficient (Wildman–Crippen LogP) is 2.56. The predicted molar refractivity (Wildman–Crippen MR) is 80.9 cm³/mol. The van der Waals surface area contributed by atoms with Crippen LogP contribution in [0, 0.1) is 10.1 Å². The molecule has 0 amide bonds. The van der Waals surface area contributed by atoms with Gasteiger partial charge in [-0.15, -0.1) is 0 Å². The Balaban J connectivity index is 2.68. The van der Waals surface area contributed by atoms with Crippen LogP contribution in [-0.4, -0.2) is 34.3 Å². The van der Waals surface area contributed by atoms with E-state index >= 15 is 0 Å². The first kappa shape index (κ1) is 16.4. The number of rotatable bonds is 9. The van der Waals surface area contributed by atoms with Gasteiger partial charge in [-0.1, -0.05) is 6.92 Å². The summed E-state index contributed by atoms with van der Waals surface area (Å²) in [6.07, 6.45) is 3.24. The molecule has 0 saturated heterocycles. The van der Waals surface area contributed by atoms with Gasteiger partial charge in [0.1, 0.15) is 0 Å². The molecule has 1 rings (SSSR count). The molecule has 1 N–H and O–H groups in total. The average molecular weight is 300 g/mol. The fraction of sp³-hybridized carbons (Fsp3) is 0.538. The number of nitrogens with one attached hydrogen (secondary N) is 1. The second kappa shape index (κ2) is 8.52. The summed E-state index contributed by atoms with van der Waals surface area (Å²) in [5, 5.41) is 14.0. The molecule has 1 unspecified atom stereocenters. The molecular formula is C13H20N2O4S. The fourth-order valence-electron chi connectivity index (χ4n) is 1.61. The lowest BCUT2D eigenvalue weighted by Crippen LogP contribution is -2.07. The second-order valence-electron chi connectivity index (χ2n) is 4.35. The van der Waals surface area contributed by atoms with Crippen molar-refractivity contribution in [2.45, 2.75) is 19.8 Å². The molecule has 0 bridgehead atoms. The Morgan fingerprint density at radius 3 is 2.80 bits per heavy atom. The zero-order chi connectivity index (χ0) is 15.0. The van der Waals surface area contributed by atoms with Crippen molar-refractivity contribution in [1.29, 1.82) is 0 Å². The molecule has 0 aliphatic heterocycles. The van der Waals surface area contributed by atoms with Crippen LogP contribution in [0.2, 0.25) is 0 Å². The van der Waals surface area contributed by atoms with Crippen LogP contribution in [-0.2, 0) is 10.8 Å². The van der Waals surface area contributed by atoms with E-state index in [9.17, 15) is 14.3 Å². The first-order valence-electron chi connectivity index (χ1n) is 6.49. The van der Waals surface area contributed by atoms with Crippen molar-refractivity contribution in [3.8, 4) is 5.75 Å². The maximum absolute atomic E-state index is 10.9. The normalized spacial score (nSPS) is 11.9. The lowest BCUT2D eigenvalue weighted by Gasteiger charge is -2.09. The maximum Gasteiger partial charge on any atom is 0.311 e. The standard InChI is InChI=1S/C13H20N2O4S/c1-3-8-19-13-10-11(5-6-12(13)15(16)17)14-7-4-9-20(2)18/h5-6,10,14H,3-4,7-9H2,1-2H3. The van der Waals surface area contributed by atoms with E-state index in [1.807, 2.05) is 6.92 Å². The SMILES string of the molecule is CCCOc1cc(NCCCS(C)=O)ccc1[N+](=O)[O-]. The number of nitro benzene ring substituents is 1. The Hall–Kier alpha value is -1.63. The van der Waals surface area contributed by atoms with Gasteiger partial charge in [-0.05, 0) is 18.9 Å². The summed E-state index contributed by atoms with van der Waals surface area (Å²) in [6.45, 7) is 3.06. The van der Waals surface area contributed by atoms with Crippen molar-refractivity contribution >= 4 is 22.2 Å². The van der Waals surface area contributed by atoms with Gasteiger partial charge >= 0.3 is 5.69 Å². The molecule has 0 radical (unpaired) electrons. The minimum Gasteiger partial charge on any atom is -0.487 e. The molecule has 0 aromatic heterocycles. The summed E-state index contributed by atoms with van der Waals surface area (Å²) < 4.78 is 16.3. The van der Waals surface area contributed by atoms with Gasteiger partial charge in [0.2, 0.25) is 0 Å². The van der Waals surface area contributed by atoms with E-state index < -0.39 is 15.7 Å². The quantitative estimate of drug-likeness (QED) is 0.430. The number of ether oxygens (including phenoxy) is 1. The van der Waals surface area contributed by atoms with Crippen LogP contribution >= 0.6 is 0 Å². The second-order valence-corrected chi connectivity index (χ2v) is 5.90. The van der Waals surface area contributed by atoms with Crippen LogP contribution in [0.25, 0.3) is 0 Å². The molecule has 0 aliphatic rings. The molecule has 0 aliphatic carbocycles. The van der Waals surface area contributed by atoms with Crippen LogP contribution in [0.5, 0.6) is 5.75 Å². The smallest absolute Gasteiger partial charge is 0.311 e. The van der Waals surface area contributed by atoms with E-state index in [0.29, 0.717) is 18.9 Å². The molecule has 0 heterocycles.